The first-order valence-electron chi connectivity index (χ1n) is 9.09. The van der Waals surface area contributed by atoms with Gasteiger partial charge in [-0.15, -0.1) is 0 Å². The van der Waals surface area contributed by atoms with Gasteiger partial charge < -0.3 is 9.88 Å². The van der Waals surface area contributed by atoms with Crippen LogP contribution in [0.25, 0.3) is 17.0 Å². The maximum Gasteiger partial charge on any atom is 0.294 e. The first kappa shape index (κ1) is 19.0. The summed E-state index contributed by atoms with van der Waals surface area (Å²) < 4.78 is 1.97. The Kier molecular flexibility index (Phi) is 4.98. The lowest BCUT2D eigenvalue weighted by Crippen LogP contribution is -2.36. The van der Waals surface area contributed by atoms with Crippen molar-refractivity contribution >= 4 is 51.5 Å². The number of hydrogen-bond donors (Lipinski definition) is 1. The third-order valence-corrected chi connectivity index (χ3v) is 5.72. The van der Waals surface area contributed by atoms with Crippen LogP contribution in [0.1, 0.15) is 11.1 Å². The van der Waals surface area contributed by atoms with E-state index in [0.29, 0.717) is 10.6 Å². The number of rotatable bonds is 4. The molecule has 3 aromatic rings. The van der Waals surface area contributed by atoms with Gasteiger partial charge in [-0.3, -0.25) is 19.3 Å². The molecule has 1 N–H and O–H groups in total. The van der Waals surface area contributed by atoms with E-state index in [1.165, 1.54) is 0 Å². The number of para-hydroxylation sites is 2. The van der Waals surface area contributed by atoms with Crippen molar-refractivity contribution in [3.63, 3.8) is 0 Å². The highest BCUT2D eigenvalue weighted by Crippen LogP contribution is 2.34. The summed E-state index contributed by atoms with van der Waals surface area (Å²) in [5, 5.41) is 3.31. The van der Waals surface area contributed by atoms with Gasteiger partial charge in [0.2, 0.25) is 5.91 Å². The quantitative estimate of drug-likeness (QED) is 0.662. The molecule has 7 heteroatoms. The van der Waals surface area contributed by atoms with Crippen LogP contribution >= 0.6 is 11.8 Å². The number of imide groups is 1. The SMILES string of the molecule is Cc1ccccc1NC(=O)CN1C(=O)S/C(=C/c2cn(C)c3ccccc23)C1=O. The largest absolute Gasteiger partial charge is 0.350 e. The Hall–Kier alpha value is -3.32. The molecule has 0 saturated carbocycles. The van der Waals surface area contributed by atoms with Gasteiger partial charge in [0.25, 0.3) is 11.1 Å². The minimum absolute atomic E-state index is 0.314. The van der Waals surface area contributed by atoms with E-state index >= 15 is 0 Å². The minimum atomic E-state index is -0.451. The Morgan fingerprint density at radius 2 is 1.83 bits per heavy atom. The van der Waals surface area contributed by atoms with Crippen LogP contribution in [0.4, 0.5) is 10.5 Å². The molecule has 1 aliphatic heterocycles. The van der Waals surface area contributed by atoms with Gasteiger partial charge in [0.05, 0.1) is 4.91 Å². The molecule has 6 nitrogen and oxygen atoms in total. The average molecular weight is 405 g/mol. The zero-order valence-electron chi connectivity index (χ0n) is 16.0. The van der Waals surface area contributed by atoms with Gasteiger partial charge >= 0.3 is 0 Å². The van der Waals surface area contributed by atoms with Crippen molar-refractivity contribution in [2.75, 3.05) is 11.9 Å². The summed E-state index contributed by atoms with van der Waals surface area (Å²) in [4.78, 5) is 38.8. The van der Waals surface area contributed by atoms with E-state index in [-0.39, 0.29) is 6.54 Å². The van der Waals surface area contributed by atoms with E-state index < -0.39 is 17.1 Å². The van der Waals surface area contributed by atoms with Gasteiger partial charge in [0, 0.05) is 35.4 Å². The Bertz CT molecular complexity index is 1180. The van der Waals surface area contributed by atoms with Crippen molar-refractivity contribution in [3.8, 4) is 0 Å². The fraction of sp³-hybridized carbons (Fsp3) is 0.136. The fourth-order valence-corrected chi connectivity index (χ4v) is 4.14. The van der Waals surface area contributed by atoms with Crippen LogP contribution in [-0.4, -0.2) is 33.1 Å². The molecule has 0 atom stereocenters. The number of nitrogens with zero attached hydrogens (tertiary/aromatic N) is 2. The van der Waals surface area contributed by atoms with E-state index in [4.69, 9.17) is 0 Å². The minimum Gasteiger partial charge on any atom is -0.350 e. The summed E-state index contributed by atoms with van der Waals surface area (Å²) in [6, 6.07) is 15.2. The fourth-order valence-electron chi connectivity index (χ4n) is 3.31. The maximum absolute atomic E-state index is 12.7. The molecule has 1 saturated heterocycles. The van der Waals surface area contributed by atoms with Crippen molar-refractivity contribution < 1.29 is 14.4 Å². The summed E-state index contributed by atoms with van der Waals surface area (Å²) >= 11 is 0.855. The number of nitrogens with one attached hydrogen (secondary N) is 1. The monoisotopic (exact) mass is 405 g/mol. The van der Waals surface area contributed by atoms with Crippen molar-refractivity contribution in [2.24, 2.45) is 7.05 Å². The number of anilines is 1. The van der Waals surface area contributed by atoms with E-state index in [9.17, 15) is 14.4 Å². The van der Waals surface area contributed by atoms with Gasteiger partial charge in [-0.05, 0) is 42.5 Å². The second-order valence-corrected chi connectivity index (χ2v) is 7.84. The molecule has 0 bridgehead atoms. The molecule has 0 unspecified atom stereocenters. The Morgan fingerprint density at radius 1 is 1.10 bits per heavy atom. The van der Waals surface area contributed by atoms with E-state index in [1.54, 1.807) is 12.1 Å². The molecule has 29 heavy (non-hydrogen) atoms. The number of aryl methyl sites for hydroxylation is 2. The predicted molar refractivity (Wildman–Crippen MR) is 115 cm³/mol. The number of carbonyl (C=O) groups is 3. The third-order valence-electron chi connectivity index (χ3n) is 4.81. The van der Waals surface area contributed by atoms with Crippen molar-refractivity contribution in [3.05, 3.63) is 70.8 Å². The lowest BCUT2D eigenvalue weighted by atomic mass is 10.1. The van der Waals surface area contributed by atoms with Crippen molar-refractivity contribution in [1.82, 2.24) is 9.47 Å². The number of thioether (sulfide) groups is 1. The summed E-state index contributed by atoms with van der Waals surface area (Å²) in [7, 11) is 1.93. The zero-order chi connectivity index (χ0) is 20.5. The summed E-state index contributed by atoms with van der Waals surface area (Å²) in [5.41, 5.74) is 3.47. The average Bonchev–Trinajstić information content (AvgIpc) is 3.15. The molecule has 4 rings (SSSR count). The molecular formula is C22H19N3O3S. The molecule has 146 valence electrons. The Balaban J connectivity index is 1.53. The standard InChI is InChI=1S/C22H19N3O3S/c1-14-7-3-5-9-17(14)23-20(26)13-25-21(27)19(29-22(25)28)11-15-12-24(2)18-10-6-4-8-16(15)18/h3-12H,13H2,1-2H3,(H,23,26)/b19-11+. The van der Waals surface area contributed by atoms with Crippen LogP contribution in [0.5, 0.6) is 0 Å². The lowest BCUT2D eigenvalue weighted by Gasteiger charge is -2.13. The first-order chi connectivity index (χ1) is 13.9. The highest BCUT2D eigenvalue weighted by atomic mass is 32.2. The smallest absolute Gasteiger partial charge is 0.294 e. The number of fused-ring (bicyclic) bond motifs is 1. The first-order valence-corrected chi connectivity index (χ1v) is 9.90. The topological polar surface area (TPSA) is 71.4 Å². The van der Waals surface area contributed by atoms with Crippen LogP contribution < -0.4 is 5.32 Å². The van der Waals surface area contributed by atoms with Gasteiger partial charge in [0.1, 0.15) is 6.54 Å². The molecule has 0 spiro atoms. The zero-order valence-corrected chi connectivity index (χ0v) is 16.8. The molecule has 1 aromatic heterocycles. The molecular weight excluding hydrogens is 386 g/mol. The summed E-state index contributed by atoms with van der Waals surface area (Å²) in [6.07, 6.45) is 3.63. The summed E-state index contributed by atoms with van der Waals surface area (Å²) in [5.74, 6) is -0.860. The van der Waals surface area contributed by atoms with Gasteiger partial charge in [-0.1, -0.05) is 36.4 Å². The van der Waals surface area contributed by atoms with Crippen LogP contribution in [0.3, 0.4) is 0 Å². The highest BCUT2D eigenvalue weighted by Gasteiger charge is 2.36. The molecule has 0 aliphatic carbocycles. The highest BCUT2D eigenvalue weighted by molar-refractivity contribution is 8.18. The molecule has 0 radical (unpaired) electrons. The lowest BCUT2D eigenvalue weighted by molar-refractivity contribution is -0.127. The third kappa shape index (κ3) is 3.69. The summed E-state index contributed by atoms with van der Waals surface area (Å²) in [6.45, 7) is 1.56. The maximum atomic E-state index is 12.7. The van der Waals surface area contributed by atoms with Crippen molar-refractivity contribution in [2.45, 2.75) is 6.92 Å². The van der Waals surface area contributed by atoms with Crippen LogP contribution in [-0.2, 0) is 16.6 Å². The number of amides is 3. The van der Waals surface area contributed by atoms with Crippen LogP contribution in [0, 0.1) is 6.92 Å². The van der Waals surface area contributed by atoms with Gasteiger partial charge in [0.15, 0.2) is 0 Å². The molecule has 2 aromatic carbocycles. The predicted octanol–water partition coefficient (Wildman–Crippen LogP) is 4.16. The normalized spacial score (nSPS) is 15.5. The number of aromatic nitrogens is 1. The van der Waals surface area contributed by atoms with E-state index in [2.05, 4.69) is 5.32 Å². The van der Waals surface area contributed by atoms with E-state index in [0.717, 1.165) is 38.7 Å². The molecule has 1 fully saturated rings. The van der Waals surface area contributed by atoms with E-state index in [1.807, 2.05) is 67.2 Å². The van der Waals surface area contributed by atoms with Crippen LogP contribution in [0.2, 0.25) is 0 Å². The molecule has 1 aliphatic rings. The second-order valence-electron chi connectivity index (χ2n) is 6.84. The Labute approximate surface area is 172 Å². The number of hydrogen-bond acceptors (Lipinski definition) is 4. The molecule has 3 amide bonds. The molecule has 2 heterocycles. The van der Waals surface area contributed by atoms with Crippen molar-refractivity contribution in [1.29, 1.82) is 0 Å². The van der Waals surface area contributed by atoms with Gasteiger partial charge in [-0.2, -0.15) is 0 Å². The Morgan fingerprint density at radius 3 is 2.62 bits per heavy atom. The number of benzene rings is 2. The second kappa shape index (κ2) is 7.60. The van der Waals surface area contributed by atoms with Crippen LogP contribution in [0.15, 0.2) is 59.6 Å². The number of carbonyl (C=O) groups excluding carboxylic acids is 3. The van der Waals surface area contributed by atoms with Gasteiger partial charge in [-0.25, -0.2) is 0 Å².